The Morgan fingerprint density at radius 1 is 1.03 bits per heavy atom. The quantitative estimate of drug-likeness (QED) is 0.304. The predicted molar refractivity (Wildman–Crippen MR) is 139 cm³/mol. The van der Waals surface area contributed by atoms with Crippen LogP contribution in [0.4, 0.5) is 26.2 Å². The number of amides is 2. The van der Waals surface area contributed by atoms with Gasteiger partial charge in [0, 0.05) is 30.7 Å². The summed E-state index contributed by atoms with van der Waals surface area (Å²) in [4.78, 5) is 26.7. The largest absolute Gasteiger partial charge is 0.477 e. The van der Waals surface area contributed by atoms with Gasteiger partial charge in [-0.1, -0.05) is 39.3 Å². The fourth-order valence-electron chi connectivity index (χ4n) is 3.88. The number of nitrogens with zero attached hydrogens (tertiary/aromatic N) is 2. The van der Waals surface area contributed by atoms with Crippen LogP contribution in [0.25, 0.3) is 5.69 Å². The summed E-state index contributed by atoms with van der Waals surface area (Å²) in [5, 5.41) is 15.5. The number of carbonyl (C=O) groups is 2. The zero-order valence-electron chi connectivity index (χ0n) is 20.2. The smallest absolute Gasteiger partial charge is 0.352 e. The van der Waals surface area contributed by atoms with Gasteiger partial charge in [0.05, 0.1) is 16.4 Å². The molecule has 35 heavy (non-hydrogen) atoms. The van der Waals surface area contributed by atoms with E-state index in [9.17, 15) is 19.1 Å². The lowest BCUT2D eigenvalue weighted by Gasteiger charge is -2.31. The minimum atomic E-state index is -1.08. The van der Waals surface area contributed by atoms with Crippen LogP contribution >= 0.6 is 11.6 Å². The first kappa shape index (κ1) is 26.1. The van der Waals surface area contributed by atoms with Gasteiger partial charge in [0.2, 0.25) is 0 Å². The van der Waals surface area contributed by atoms with Gasteiger partial charge in [-0.05, 0) is 60.4 Å². The molecule has 9 heteroatoms. The Kier molecular flexibility index (Phi) is 8.40. The van der Waals surface area contributed by atoms with E-state index < -0.39 is 17.8 Å². The molecule has 2 amide bonds. The Bertz CT molecular complexity index is 1180. The molecule has 2 aromatic carbocycles. The fourth-order valence-corrected chi connectivity index (χ4v) is 4.21. The number of halogens is 2. The van der Waals surface area contributed by atoms with Crippen LogP contribution in [0.3, 0.4) is 0 Å². The molecule has 3 rings (SSSR count). The molecule has 3 N–H and O–H groups in total. The number of aromatic carboxylic acids is 1. The molecule has 0 saturated heterocycles. The summed E-state index contributed by atoms with van der Waals surface area (Å²) in [6, 6.07) is 11.4. The second-order valence-electron chi connectivity index (χ2n) is 9.17. The van der Waals surface area contributed by atoms with E-state index in [1.54, 1.807) is 24.4 Å². The van der Waals surface area contributed by atoms with Crippen LogP contribution in [0.15, 0.2) is 54.7 Å². The number of carboxylic acids is 1. The summed E-state index contributed by atoms with van der Waals surface area (Å²) >= 11 is 6.79. The Morgan fingerprint density at radius 2 is 1.66 bits per heavy atom. The van der Waals surface area contributed by atoms with Gasteiger partial charge in [-0.2, -0.15) is 0 Å². The number of aromatic nitrogens is 1. The van der Waals surface area contributed by atoms with Crippen LogP contribution in [0, 0.1) is 17.7 Å². The zero-order valence-corrected chi connectivity index (χ0v) is 20.9. The van der Waals surface area contributed by atoms with E-state index in [1.165, 1.54) is 34.9 Å². The maximum absolute atomic E-state index is 13.2. The molecular weight excluding hydrogens is 471 g/mol. The average molecular weight is 501 g/mol. The van der Waals surface area contributed by atoms with Gasteiger partial charge in [0.15, 0.2) is 0 Å². The summed E-state index contributed by atoms with van der Waals surface area (Å²) in [7, 11) is 0. The molecule has 0 radical (unpaired) electrons. The number of carbonyl (C=O) groups excluding carboxylic acids is 1. The van der Waals surface area contributed by atoms with E-state index >= 15 is 0 Å². The Balaban J connectivity index is 2.07. The minimum absolute atomic E-state index is 0.0664. The van der Waals surface area contributed by atoms with Crippen LogP contribution in [-0.2, 0) is 0 Å². The third-order valence-electron chi connectivity index (χ3n) is 5.13. The third-order valence-corrected chi connectivity index (χ3v) is 5.42. The van der Waals surface area contributed by atoms with E-state index in [2.05, 4.69) is 43.2 Å². The van der Waals surface area contributed by atoms with Crippen molar-refractivity contribution < 1.29 is 19.1 Å². The highest BCUT2D eigenvalue weighted by molar-refractivity contribution is 6.34. The number of nitrogens with one attached hydrogen (secondary N) is 2. The van der Waals surface area contributed by atoms with Crippen LogP contribution in [0.5, 0.6) is 0 Å². The molecule has 0 aliphatic heterocycles. The molecule has 0 bridgehead atoms. The summed E-state index contributed by atoms with van der Waals surface area (Å²) < 4.78 is 14.7. The first-order chi connectivity index (χ1) is 16.5. The number of benzene rings is 2. The molecule has 0 aliphatic rings. The normalized spacial score (nSPS) is 11.1. The summed E-state index contributed by atoms with van der Waals surface area (Å²) in [5.41, 5.74) is 2.06. The number of urea groups is 1. The lowest BCUT2D eigenvalue weighted by molar-refractivity contribution is 0.0688. The molecule has 0 atom stereocenters. The molecule has 1 aromatic heterocycles. The van der Waals surface area contributed by atoms with E-state index in [0.29, 0.717) is 52.7 Å². The van der Waals surface area contributed by atoms with Crippen molar-refractivity contribution in [2.45, 2.75) is 27.7 Å². The number of hydrogen-bond acceptors (Lipinski definition) is 3. The molecule has 7 nitrogen and oxygen atoms in total. The third kappa shape index (κ3) is 6.76. The van der Waals surface area contributed by atoms with Gasteiger partial charge in [0.25, 0.3) is 0 Å². The number of hydrogen-bond donors (Lipinski definition) is 3. The minimum Gasteiger partial charge on any atom is -0.477 e. The highest BCUT2D eigenvalue weighted by atomic mass is 35.5. The zero-order chi connectivity index (χ0) is 25.7. The van der Waals surface area contributed by atoms with Gasteiger partial charge < -0.3 is 25.2 Å². The van der Waals surface area contributed by atoms with Crippen molar-refractivity contribution in [3.05, 3.63) is 71.3 Å². The first-order valence-electron chi connectivity index (χ1n) is 11.4. The number of rotatable bonds is 9. The van der Waals surface area contributed by atoms with Gasteiger partial charge in [-0.15, -0.1) is 0 Å². The van der Waals surface area contributed by atoms with E-state index in [0.717, 1.165) is 0 Å². The first-order valence-corrected chi connectivity index (χ1v) is 11.8. The highest BCUT2D eigenvalue weighted by Gasteiger charge is 2.22. The molecule has 3 aromatic rings. The molecule has 186 valence electrons. The molecule has 0 spiro atoms. The van der Waals surface area contributed by atoms with E-state index in [-0.39, 0.29) is 5.69 Å². The van der Waals surface area contributed by atoms with Gasteiger partial charge in [-0.25, -0.2) is 14.0 Å². The topological polar surface area (TPSA) is 86.6 Å². The van der Waals surface area contributed by atoms with Crippen LogP contribution < -0.4 is 15.5 Å². The van der Waals surface area contributed by atoms with Crippen molar-refractivity contribution in [1.29, 1.82) is 0 Å². The van der Waals surface area contributed by atoms with Crippen molar-refractivity contribution in [3.63, 3.8) is 0 Å². The predicted octanol–water partition coefficient (Wildman–Crippen LogP) is 6.73. The Morgan fingerprint density at radius 3 is 2.23 bits per heavy atom. The molecule has 0 saturated carbocycles. The molecule has 0 aliphatic carbocycles. The second-order valence-corrected chi connectivity index (χ2v) is 9.58. The van der Waals surface area contributed by atoms with Gasteiger partial charge in [0.1, 0.15) is 11.5 Å². The van der Waals surface area contributed by atoms with Gasteiger partial charge in [-0.3, -0.25) is 0 Å². The summed E-state index contributed by atoms with van der Waals surface area (Å²) in [6.45, 7) is 9.81. The summed E-state index contributed by atoms with van der Waals surface area (Å²) in [5.74, 6) is -0.835. The van der Waals surface area contributed by atoms with Crippen molar-refractivity contribution in [2.75, 3.05) is 28.6 Å². The van der Waals surface area contributed by atoms with Gasteiger partial charge >= 0.3 is 12.0 Å². The SMILES string of the molecule is CC(C)CN(CC(C)C)c1c(Cl)cc(-n2cccc2C(=O)O)cc1NC(=O)Nc1ccc(F)cc1. The van der Waals surface area contributed by atoms with Crippen molar-refractivity contribution in [2.24, 2.45) is 11.8 Å². The Hall–Kier alpha value is -3.52. The Labute approximate surface area is 209 Å². The average Bonchev–Trinajstić information content (AvgIpc) is 3.24. The molecule has 0 fully saturated rings. The lowest BCUT2D eigenvalue weighted by Crippen LogP contribution is -2.33. The monoisotopic (exact) mass is 500 g/mol. The van der Waals surface area contributed by atoms with Crippen molar-refractivity contribution >= 4 is 40.7 Å². The maximum Gasteiger partial charge on any atom is 0.352 e. The van der Waals surface area contributed by atoms with E-state index in [1.807, 2.05) is 0 Å². The maximum atomic E-state index is 13.2. The fraction of sp³-hybridized carbons (Fsp3) is 0.308. The number of anilines is 3. The van der Waals surface area contributed by atoms with Crippen LogP contribution in [0.1, 0.15) is 38.2 Å². The second kappa shape index (κ2) is 11.3. The van der Waals surface area contributed by atoms with Crippen LogP contribution in [0.2, 0.25) is 5.02 Å². The van der Waals surface area contributed by atoms with Crippen LogP contribution in [-0.4, -0.2) is 34.8 Å². The van der Waals surface area contributed by atoms with E-state index in [4.69, 9.17) is 11.6 Å². The standard InChI is InChI=1S/C26H30ClFN4O3/c1-16(2)14-31(15-17(3)4)24-21(27)12-20(32-11-5-6-23(32)25(33)34)13-22(24)30-26(35)29-19-9-7-18(28)8-10-19/h5-13,16-17H,14-15H2,1-4H3,(H,33,34)(H2,29,30,35). The van der Waals surface area contributed by atoms with Crippen molar-refractivity contribution in [3.8, 4) is 5.69 Å². The summed E-state index contributed by atoms with van der Waals surface area (Å²) in [6.07, 6.45) is 1.62. The lowest BCUT2D eigenvalue weighted by atomic mass is 10.1. The van der Waals surface area contributed by atoms with Crippen molar-refractivity contribution in [1.82, 2.24) is 4.57 Å². The highest BCUT2D eigenvalue weighted by Crippen LogP contribution is 2.38. The molecule has 0 unspecified atom stereocenters. The molecular formula is C26H30ClFN4O3. The number of carboxylic acid groups (broad SMARTS) is 1. The molecule has 1 heterocycles.